The van der Waals surface area contributed by atoms with E-state index in [9.17, 15) is 0 Å². The first kappa shape index (κ1) is 10.7. The highest BCUT2D eigenvalue weighted by Gasteiger charge is 2.18. The standard InChI is InChI=1S/C12H20N2O/c1-15-10-4-9-14-8-3-6-12(14)11-5-2-7-13-11/h3,6,8,11,13H,2,4-5,7,9-10H2,1H3/t11-/m1/s1. The monoisotopic (exact) mass is 208 g/mol. The van der Waals surface area contributed by atoms with Crippen molar-refractivity contribution >= 4 is 0 Å². The summed E-state index contributed by atoms with van der Waals surface area (Å²) >= 11 is 0. The molecule has 1 aliphatic rings. The van der Waals surface area contributed by atoms with Crippen molar-refractivity contribution in [2.75, 3.05) is 20.3 Å². The molecule has 0 bridgehead atoms. The van der Waals surface area contributed by atoms with E-state index in [0.29, 0.717) is 6.04 Å². The maximum atomic E-state index is 5.08. The van der Waals surface area contributed by atoms with Crippen LogP contribution in [0, 0.1) is 0 Å². The van der Waals surface area contributed by atoms with Crippen LogP contribution >= 0.6 is 0 Å². The van der Waals surface area contributed by atoms with Crippen molar-refractivity contribution in [1.29, 1.82) is 0 Å². The molecule has 1 fully saturated rings. The molecule has 1 aromatic heterocycles. The van der Waals surface area contributed by atoms with Gasteiger partial charge in [-0.25, -0.2) is 0 Å². The Balaban J connectivity index is 1.95. The third-order valence-corrected chi connectivity index (χ3v) is 3.03. The second-order valence-corrected chi connectivity index (χ2v) is 4.12. The van der Waals surface area contributed by atoms with Crippen LogP contribution in [0.3, 0.4) is 0 Å². The van der Waals surface area contributed by atoms with Crippen molar-refractivity contribution in [1.82, 2.24) is 9.88 Å². The number of aromatic nitrogens is 1. The molecule has 0 amide bonds. The van der Waals surface area contributed by atoms with Crippen LogP contribution in [-0.2, 0) is 11.3 Å². The van der Waals surface area contributed by atoms with Gasteiger partial charge in [0.05, 0.1) is 0 Å². The molecule has 2 heterocycles. The Morgan fingerprint density at radius 1 is 1.60 bits per heavy atom. The molecule has 3 heteroatoms. The molecular formula is C12H20N2O. The van der Waals surface area contributed by atoms with Crippen LogP contribution in [0.1, 0.15) is 31.0 Å². The SMILES string of the molecule is COCCCn1cccc1[C@H]1CCCN1. The third-order valence-electron chi connectivity index (χ3n) is 3.03. The highest BCUT2D eigenvalue weighted by atomic mass is 16.5. The predicted molar refractivity (Wildman–Crippen MR) is 60.9 cm³/mol. The normalized spacial score (nSPS) is 21.0. The molecular weight excluding hydrogens is 188 g/mol. The van der Waals surface area contributed by atoms with E-state index >= 15 is 0 Å². The zero-order valence-electron chi connectivity index (χ0n) is 9.41. The maximum Gasteiger partial charge on any atom is 0.0479 e. The fraction of sp³-hybridized carbons (Fsp3) is 0.667. The quantitative estimate of drug-likeness (QED) is 0.748. The average Bonchev–Trinajstić information content (AvgIpc) is 2.87. The van der Waals surface area contributed by atoms with E-state index < -0.39 is 0 Å². The van der Waals surface area contributed by atoms with Gasteiger partial charge in [0, 0.05) is 38.2 Å². The molecule has 1 N–H and O–H groups in total. The molecule has 84 valence electrons. The number of nitrogens with one attached hydrogen (secondary N) is 1. The van der Waals surface area contributed by atoms with Gasteiger partial charge in [-0.05, 0) is 37.9 Å². The summed E-state index contributed by atoms with van der Waals surface area (Å²) in [6.45, 7) is 3.07. The summed E-state index contributed by atoms with van der Waals surface area (Å²) in [5, 5.41) is 3.54. The average molecular weight is 208 g/mol. The Kier molecular flexibility index (Phi) is 3.80. The van der Waals surface area contributed by atoms with Crippen LogP contribution in [0.4, 0.5) is 0 Å². The van der Waals surface area contributed by atoms with Gasteiger partial charge in [-0.1, -0.05) is 0 Å². The summed E-state index contributed by atoms with van der Waals surface area (Å²) in [5.41, 5.74) is 1.43. The number of ether oxygens (including phenoxy) is 1. The Morgan fingerprint density at radius 2 is 2.53 bits per heavy atom. The van der Waals surface area contributed by atoms with Gasteiger partial charge in [0.2, 0.25) is 0 Å². The minimum absolute atomic E-state index is 0.572. The molecule has 0 saturated carbocycles. The van der Waals surface area contributed by atoms with Crippen LogP contribution in [0.25, 0.3) is 0 Å². The van der Waals surface area contributed by atoms with E-state index in [-0.39, 0.29) is 0 Å². The minimum atomic E-state index is 0.572. The molecule has 0 unspecified atom stereocenters. The van der Waals surface area contributed by atoms with Gasteiger partial charge in [-0.3, -0.25) is 0 Å². The van der Waals surface area contributed by atoms with Crippen LogP contribution in [0.2, 0.25) is 0 Å². The molecule has 1 aliphatic heterocycles. The van der Waals surface area contributed by atoms with Crippen molar-refractivity contribution in [2.24, 2.45) is 0 Å². The Labute approximate surface area is 91.4 Å². The number of methoxy groups -OCH3 is 1. The number of rotatable bonds is 5. The lowest BCUT2D eigenvalue weighted by molar-refractivity contribution is 0.190. The van der Waals surface area contributed by atoms with Gasteiger partial charge in [-0.2, -0.15) is 0 Å². The Hall–Kier alpha value is -0.800. The minimum Gasteiger partial charge on any atom is -0.385 e. The molecule has 1 saturated heterocycles. The first-order valence-electron chi connectivity index (χ1n) is 5.79. The van der Waals surface area contributed by atoms with Gasteiger partial charge >= 0.3 is 0 Å². The van der Waals surface area contributed by atoms with E-state index in [1.807, 2.05) is 0 Å². The molecule has 15 heavy (non-hydrogen) atoms. The van der Waals surface area contributed by atoms with E-state index in [1.165, 1.54) is 18.5 Å². The lowest BCUT2D eigenvalue weighted by Gasteiger charge is -2.14. The van der Waals surface area contributed by atoms with Gasteiger partial charge in [0.25, 0.3) is 0 Å². The lowest BCUT2D eigenvalue weighted by atomic mass is 10.1. The molecule has 0 spiro atoms. The molecule has 0 aromatic carbocycles. The van der Waals surface area contributed by atoms with Crippen LogP contribution in [0.5, 0.6) is 0 Å². The summed E-state index contributed by atoms with van der Waals surface area (Å²) in [7, 11) is 1.76. The van der Waals surface area contributed by atoms with Gasteiger partial charge in [0.1, 0.15) is 0 Å². The summed E-state index contributed by atoms with van der Waals surface area (Å²) in [6.07, 6.45) is 5.83. The topological polar surface area (TPSA) is 26.2 Å². The van der Waals surface area contributed by atoms with Crippen LogP contribution in [-0.4, -0.2) is 24.8 Å². The summed E-state index contributed by atoms with van der Waals surface area (Å²) in [5.74, 6) is 0. The third kappa shape index (κ3) is 2.61. The highest BCUT2D eigenvalue weighted by molar-refractivity contribution is 5.13. The Morgan fingerprint density at radius 3 is 3.27 bits per heavy atom. The van der Waals surface area contributed by atoms with Crippen molar-refractivity contribution in [2.45, 2.75) is 31.8 Å². The molecule has 1 atom stereocenters. The fourth-order valence-electron chi connectivity index (χ4n) is 2.26. The van der Waals surface area contributed by atoms with E-state index in [2.05, 4.69) is 28.2 Å². The number of aryl methyl sites for hydroxylation is 1. The summed E-state index contributed by atoms with van der Waals surface area (Å²) in [6, 6.07) is 4.94. The van der Waals surface area contributed by atoms with Crippen molar-refractivity contribution in [3.63, 3.8) is 0 Å². The molecule has 3 nitrogen and oxygen atoms in total. The van der Waals surface area contributed by atoms with Crippen molar-refractivity contribution < 1.29 is 4.74 Å². The zero-order valence-corrected chi connectivity index (χ0v) is 9.41. The number of hydrogen-bond donors (Lipinski definition) is 1. The lowest BCUT2D eigenvalue weighted by Crippen LogP contribution is -2.17. The molecule has 0 radical (unpaired) electrons. The first-order chi connectivity index (χ1) is 7.42. The molecule has 1 aromatic rings. The zero-order chi connectivity index (χ0) is 10.5. The highest BCUT2D eigenvalue weighted by Crippen LogP contribution is 2.23. The summed E-state index contributed by atoms with van der Waals surface area (Å²) in [4.78, 5) is 0. The second-order valence-electron chi connectivity index (χ2n) is 4.12. The number of nitrogens with zero attached hydrogens (tertiary/aromatic N) is 1. The maximum absolute atomic E-state index is 5.08. The fourth-order valence-corrected chi connectivity index (χ4v) is 2.26. The van der Waals surface area contributed by atoms with E-state index in [4.69, 9.17) is 4.74 Å². The molecule has 2 rings (SSSR count). The van der Waals surface area contributed by atoms with E-state index in [1.54, 1.807) is 7.11 Å². The van der Waals surface area contributed by atoms with Crippen LogP contribution < -0.4 is 5.32 Å². The van der Waals surface area contributed by atoms with Crippen molar-refractivity contribution in [3.8, 4) is 0 Å². The van der Waals surface area contributed by atoms with Crippen LogP contribution in [0.15, 0.2) is 18.3 Å². The largest absolute Gasteiger partial charge is 0.385 e. The number of hydrogen-bond acceptors (Lipinski definition) is 2. The second kappa shape index (κ2) is 5.33. The van der Waals surface area contributed by atoms with Gasteiger partial charge in [-0.15, -0.1) is 0 Å². The summed E-state index contributed by atoms with van der Waals surface area (Å²) < 4.78 is 7.43. The first-order valence-corrected chi connectivity index (χ1v) is 5.79. The van der Waals surface area contributed by atoms with Gasteiger partial charge in [0.15, 0.2) is 0 Å². The van der Waals surface area contributed by atoms with Crippen molar-refractivity contribution in [3.05, 3.63) is 24.0 Å². The Bertz CT molecular complexity index is 290. The molecule has 0 aliphatic carbocycles. The van der Waals surface area contributed by atoms with E-state index in [0.717, 1.165) is 26.1 Å². The smallest absolute Gasteiger partial charge is 0.0479 e. The predicted octanol–water partition coefficient (Wildman–Crippen LogP) is 1.95. The van der Waals surface area contributed by atoms with Gasteiger partial charge < -0.3 is 14.6 Å².